The lowest BCUT2D eigenvalue weighted by atomic mass is 10.1. The number of anilines is 2. The maximum absolute atomic E-state index is 12.7. The van der Waals surface area contributed by atoms with Crippen LogP contribution in [0.2, 0.25) is 0 Å². The number of benzene rings is 2. The Kier molecular flexibility index (Phi) is 4.64. The number of nitrogens with one attached hydrogen (secondary N) is 1. The Morgan fingerprint density at radius 1 is 1.04 bits per heavy atom. The van der Waals surface area contributed by atoms with E-state index in [9.17, 15) is 4.79 Å². The van der Waals surface area contributed by atoms with Gasteiger partial charge in [-0.2, -0.15) is 5.10 Å². The summed E-state index contributed by atoms with van der Waals surface area (Å²) in [5.41, 5.74) is 3.68. The summed E-state index contributed by atoms with van der Waals surface area (Å²) in [6.07, 6.45) is 5.60. The molecule has 6 heteroatoms. The first-order valence-corrected chi connectivity index (χ1v) is 8.86. The van der Waals surface area contributed by atoms with E-state index in [0.717, 1.165) is 30.0 Å². The fourth-order valence-corrected chi connectivity index (χ4v) is 3.27. The first-order chi connectivity index (χ1) is 12.8. The molecule has 0 radical (unpaired) electrons. The topological polar surface area (TPSA) is 63.1 Å². The summed E-state index contributed by atoms with van der Waals surface area (Å²) in [5, 5.41) is 7.15. The fourth-order valence-electron chi connectivity index (χ4n) is 3.27. The van der Waals surface area contributed by atoms with Gasteiger partial charge in [0.25, 0.3) is 5.91 Å². The molecular formula is C20H21N5O. The van der Waals surface area contributed by atoms with Crippen LogP contribution in [0.25, 0.3) is 0 Å². The van der Waals surface area contributed by atoms with Crippen molar-refractivity contribution in [2.45, 2.75) is 19.4 Å². The van der Waals surface area contributed by atoms with Crippen LogP contribution in [0.5, 0.6) is 0 Å². The van der Waals surface area contributed by atoms with Gasteiger partial charge in [-0.3, -0.25) is 4.79 Å². The lowest BCUT2D eigenvalue weighted by Crippen LogP contribution is -2.21. The average Bonchev–Trinajstić information content (AvgIpc) is 3.37. The predicted octanol–water partition coefficient (Wildman–Crippen LogP) is 3.18. The van der Waals surface area contributed by atoms with Gasteiger partial charge in [0, 0.05) is 18.7 Å². The molecule has 0 atom stereocenters. The fraction of sp³-hybridized carbons (Fsp3) is 0.250. The highest BCUT2D eigenvalue weighted by atomic mass is 16.1. The average molecular weight is 347 g/mol. The standard InChI is InChI=1S/C20H21N5O/c26-20(17-9-7-16(8-10-17)13-25-15-21-14-22-25)23-18-5-1-2-6-19(18)24-11-3-4-12-24/h1-2,5-10,14-15H,3-4,11-13H2,(H,23,26). The monoisotopic (exact) mass is 347 g/mol. The number of carbonyl (C=O) groups excluding carboxylic acids is 1. The highest BCUT2D eigenvalue weighted by Gasteiger charge is 2.17. The lowest BCUT2D eigenvalue weighted by Gasteiger charge is -2.21. The van der Waals surface area contributed by atoms with E-state index in [4.69, 9.17) is 0 Å². The number of para-hydroxylation sites is 2. The van der Waals surface area contributed by atoms with E-state index < -0.39 is 0 Å². The molecule has 1 aromatic heterocycles. The molecule has 1 amide bonds. The predicted molar refractivity (Wildman–Crippen MR) is 101 cm³/mol. The van der Waals surface area contributed by atoms with Crippen LogP contribution in [0, 0.1) is 0 Å². The minimum atomic E-state index is -0.0936. The number of amides is 1. The Morgan fingerprint density at radius 2 is 1.81 bits per heavy atom. The molecule has 0 bridgehead atoms. The molecule has 4 rings (SSSR count). The van der Waals surface area contributed by atoms with Crippen LogP contribution in [-0.4, -0.2) is 33.8 Å². The molecular weight excluding hydrogens is 326 g/mol. The summed E-state index contributed by atoms with van der Waals surface area (Å²) in [5.74, 6) is -0.0936. The Bertz CT molecular complexity index is 867. The maximum Gasteiger partial charge on any atom is 0.255 e. The molecule has 0 aliphatic carbocycles. The van der Waals surface area contributed by atoms with Gasteiger partial charge >= 0.3 is 0 Å². The van der Waals surface area contributed by atoms with Gasteiger partial charge in [-0.1, -0.05) is 24.3 Å². The molecule has 1 saturated heterocycles. The molecule has 1 aliphatic rings. The minimum absolute atomic E-state index is 0.0936. The van der Waals surface area contributed by atoms with E-state index in [1.54, 1.807) is 11.0 Å². The van der Waals surface area contributed by atoms with Crippen LogP contribution < -0.4 is 10.2 Å². The zero-order chi connectivity index (χ0) is 17.8. The summed E-state index contributed by atoms with van der Waals surface area (Å²) in [4.78, 5) is 18.9. The Hall–Kier alpha value is -3.15. The van der Waals surface area contributed by atoms with Crippen molar-refractivity contribution in [1.82, 2.24) is 14.8 Å². The summed E-state index contributed by atoms with van der Waals surface area (Å²) >= 11 is 0. The van der Waals surface area contributed by atoms with Gasteiger partial charge in [0.1, 0.15) is 12.7 Å². The second-order valence-corrected chi connectivity index (χ2v) is 6.46. The van der Waals surface area contributed by atoms with Crippen molar-refractivity contribution in [1.29, 1.82) is 0 Å². The van der Waals surface area contributed by atoms with E-state index in [1.165, 1.54) is 19.2 Å². The molecule has 1 N–H and O–H groups in total. The number of carbonyl (C=O) groups is 1. The normalized spacial score (nSPS) is 13.8. The van der Waals surface area contributed by atoms with Crippen molar-refractivity contribution >= 4 is 17.3 Å². The zero-order valence-electron chi connectivity index (χ0n) is 14.5. The first kappa shape index (κ1) is 16.3. The molecule has 0 saturated carbocycles. The Balaban J connectivity index is 1.46. The molecule has 2 heterocycles. The van der Waals surface area contributed by atoms with Gasteiger partial charge < -0.3 is 10.2 Å². The van der Waals surface area contributed by atoms with E-state index in [0.29, 0.717) is 12.1 Å². The van der Waals surface area contributed by atoms with Crippen molar-refractivity contribution in [3.63, 3.8) is 0 Å². The maximum atomic E-state index is 12.7. The highest BCUT2D eigenvalue weighted by molar-refractivity contribution is 6.06. The second kappa shape index (κ2) is 7.39. The number of hydrogen-bond acceptors (Lipinski definition) is 4. The van der Waals surface area contributed by atoms with Crippen LogP contribution in [0.4, 0.5) is 11.4 Å². The Morgan fingerprint density at radius 3 is 2.54 bits per heavy atom. The molecule has 1 aliphatic heterocycles. The third kappa shape index (κ3) is 3.59. The van der Waals surface area contributed by atoms with Crippen molar-refractivity contribution < 1.29 is 4.79 Å². The van der Waals surface area contributed by atoms with E-state index in [-0.39, 0.29) is 5.91 Å². The van der Waals surface area contributed by atoms with E-state index >= 15 is 0 Å². The quantitative estimate of drug-likeness (QED) is 0.770. The van der Waals surface area contributed by atoms with E-state index in [1.807, 2.05) is 42.5 Å². The van der Waals surface area contributed by atoms with Gasteiger partial charge in [-0.25, -0.2) is 9.67 Å². The highest BCUT2D eigenvalue weighted by Crippen LogP contribution is 2.29. The van der Waals surface area contributed by atoms with Crippen LogP contribution >= 0.6 is 0 Å². The molecule has 132 valence electrons. The van der Waals surface area contributed by atoms with Gasteiger partial charge in [-0.05, 0) is 42.7 Å². The number of nitrogens with zero attached hydrogens (tertiary/aromatic N) is 4. The van der Waals surface area contributed by atoms with Crippen molar-refractivity contribution in [3.05, 3.63) is 72.3 Å². The number of rotatable bonds is 5. The van der Waals surface area contributed by atoms with Crippen LogP contribution in [0.15, 0.2) is 61.2 Å². The summed E-state index contributed by atoms with van der Waals surface area (Å²) in [6, 6.07) is 15.6. The lowest BCUT2D eigenvalue weighted by molar-refractivity contribution is 0.102. The summed E-state index contributed by atoms with van der Waals surface area (Å²) in [7, 11) is 0. The molecule has 3 aromatic rings. The van der Waals surface area contributed by atoms with Gasteiger partial charge in [0.05, 0.1) is 17.9 Å². The smallest absolute Gasteiger partial charge is 0.255 e. The molecule has 26 heavy (non-hydrogen) atoms. The first-order valence-electron chi connectivity index (χ1n) is 8.86. The van der Waals surface area contributed by atoms with Crippen LogP contribution in [0.3, 0.4) is 0 Å². The largest absolute Gasteiger partial charge is 0.370 e. The van der Waals surface area contributed by atoms with Gasteiger partial charge in [0.15, 0.2) is 0 Å². The minimum Gasteiger partial charge on any atom is -0.370 e. The Labute approximate surface area is 152 Å². The van der Waals surface area contributed by atoms with Gasteiger partial charge in [0.2, 0.25) is 0 Å². The number of aromatic nitrogens is 3. The van der Waals surface area contributed by atoms with Crippen LogP contribution in [0.1, 0.15) is 28.8 Å². The van der Waals surface area contributed by atoms with Crippen LogP contribution in [-0.2, 0) is 6.54 Å². The molecule has 0 unspecified atom stereocenters. The van der Waals surface area contributed by atoms with Crippen molar-refractivity contribution in [3.8, 4) is 0 Å². The van der Waals surface area contributed by atoms with E-state index in [2.05, 4.69) is 26.4 Å². The molecule has 2 aromatic carbocycles. The zero-order valence-corrected chi connectivity index (χ0v) is 14.5. The number of hydrogen-bond donors (Lipinski definition) is 1. The van der Waals surface area contributed by atoms with Gasteiger partial charge in [-0.15, -0.1) is 0 Å². The van der Waals surface area contributed by atoms with Crippen molar-refractivity contribution in [2.75, 3.05) is 23.3 Å². The summed E-state index contributed by atoms with van der Waals surface area (Å²) in [6.45, 7) is 2.73. The third-order valence-electron chi connectivity index (χ3n) is 4.63. The summed E-state index contributed by atoms with van der Waals surface area (Å²) < 4.78 is 1.75. The molecule has 6 nitrogen and oxygen atoms in total. The molecule has 0 spiro atoms. The second-order valence-electron chi connectivity index (χ2n) is 6.46. The molecule has 1 fully saturated rings. The third-order valence-corrected chi connectivity index (χ3v) is 4.63. The van der Waals surface area contributed by atoms with Crippen molar-refractivity contribution in [2.24, 2.45) is 0 Å². The SMILES string of the molecule is O=C(Nc1ccccc1N1CCCC1)c1ccc(Cn2cncn2)cc1.